The molecule has 0 aliphatic heterocycles. The van der Waals surface area contributed by atoms with Crippen LogP contribution in [-0.2, 0) is 32.7 Å². The molecule has 0 radical (unpaired) electrons. The van der Waals surface area contributed by atoms with Gasteiger partial charge in [-0.25, -0.2) is 4.57 Å². The van der Waals surface area contributed by atoms with Crippen molar-refractivity contribution in [3.05, 3.63) is 12.2 Å². The molecule has 0 aliphatic carbocycles. The summed E-state index contributed by atoms with van der Waals surface area (Å²) in [4.78, 5) is 35.1. The molecule has 10 heteroatoms. The number of hydrogen-bond acceptors (Lipinski definition) is 7. The lowest BCUT2D eigenvalue weighted by Gasteiger charge is -2.24. The second kappa shape index (κ2) is 31.7. The van der Waals surface area contributed by atoms with E-state index in [1.165, 1.54) is 83.5 Å². The van der Waals surface area contributed by atoms with Gasteiger partial charge in [0.1, 0.15) is 19.8 Å². The van der Waals surface area contributed by atoms with E-state index in [2.05, 4.69) is 26.0 Å². The normalized spacial score (nSPS) is 13.9. The van der Waals surface area contributed by atoms with Gasteiger partial charge in [0.15, 0.2) is 6.10 Å². The third-order valence-corrected chi connectivity index (χ3v) is 9.28. The predicted molar refractivity (Wildman–Crippen MR) is 197 cm³/mol. The molecule has 0 spiro atoms. The summed E-state index contributed by atoms with van der Waals surface area (Å²) >= 11 is 0. The van der Waals surface area contributed by atoms with E-state index in [9.17, 15) is 19.0 Å². The molecule has 284 valence electrons. The second-order valence-corrected chi connectivity index (χ2v) is 15.8. The summed E-state index contributed by atoms with van der Waals surface area (Å²) in [6, 6.07) is 0. The number of hydrogen-bond donors (Lipinski definition) is 1. The predicted octanol–water partition coefficient (Wildman–Crippen LogP) is 10.2. The van der Waals surface area contributed by atoms with Crippen LogP contribution in [0.1, 0.15) is 168 Å². The first-order valence-electron chi connectivity index (χ1n) is 19.4. The summed E-state index contributed by atoms with van der Waals surface area (Å²) in [5, 5.41) is 0. The smallest absolute Gasteiger partial charge is 0.462 e. The molecule has 0 aromatic rings. The van der Waals surface area contributed by atoms with Gasteiger partial charge in [0, 0.05) is 12.8 Å². The summed E-state index contributed by atoms with van der Waals surface area (Å²) in [5.41, 5.74) is 0. The van der Waals surface area contributed by atoms with Crippen LogP contribution >= 0.6 is 7.82 Å². The van der Waals surface area contributed by atoms with E-state index in [1.807, 2.05) is 21.1 Å². The number of allylic oxidation sites excluding steroid dienone is 2. The van der Waals surface area contributed by atoms with Crippen molar-refractivity contribution < 1.29 is 42.1 Å². The minimum atomic E-state index is -4.36. The van der Waals surface area contributed by atoms with E-state index in [4.69, 9.17) is 18.5 Å². The molecule has 0 saturated carbocycles. The quantitative estimate of drug-likeness (QED) is 0.0228. The summed E-state index contributed by atoms with van der Waals surface area (Å²) in [7, 11) is 1.48. The van der Waals surface area contributed by atoms with Gasteiger partial charge in [-0.3, -0.25) is 18.6 Å². The highest BCUT2D eigenvalue weighted by atomic mass is 31.2. The molecule has 0 aliphatic rings. The van der Waals surface area contributed by atoms with Crippen molar-refractivity contribution in [1.29, 1.82) is 0 Å². The highest BCUT2D eigenvalue weighted by Crippen LogP contribution is 2.43. The van der Waals surface area contributed by atoms with Crippen LogP contribution in [0.4, 0.5) is 0 Å². The van der Waals surface area contributed by atoms with E-state index >= 15 is 0 Å². The first-order chi connectivity index (χ1) is 23.0. The maximum atomic E-state index is 12.6. The number of carbonyl (C=O) groups excluding carboxylic acids is 2. The van der Waals surface area contributed by atoms with Crippen LogP contribution in [0.3, 0.4) is 0 Å². The number of carbonyl (C=O) groups is 2. The van der Waals surface area contributed by atoms with Crippen molar-refractivity contribution in [2.75, 3.05) is 47.5 Å². The largest absolute Gasteiger partial charge is 0.472 e. The van der Waals surface area contributed by atoms with Crippen LogP contribution in [0.2, 0.25) is 0 Å². The Balaban J connectivity index is 4.44. The number of phosphoric acid groups is 1. The number of ether oxygens (including phenoxy) is 2. The molecule has 9 nitrogen and oxygen atoms in total. The summed E-state index contributed by atoms with van der Waals surface area (Å²) in [5.74, 6) is -0.806. The van der Waals surface area contributed by atoms with Crippen LogP contribution in [0.25, 0.3) is 0 Å². The molecule has 0 aromatic heterocycles. The molecule has 0 saturated heterocycles. The van der Waals surface area contributed by atoms with Crippen LogP contribution < -0.4 is 0 Å². The molecule has 0 amide bonds. The SMILES string of the molecule is CCCCCC/C=C\CCCCCCCC(=O)OC(COC(=O)CCCCCCCCCCCCC)COP(=O)(O)OCC[N+](C)(C)C. The lowest BCUT2D eigenvalue weighted by atomic mass is 10.1. The molecule has 2 unspecified atom stereocenters. The summed E-state index contributed by atoms with van der Waals surface area (Å²) in [6.07, 6.45) is 29.7. The Morgan fingerprint density at radius 3 is 1.56 bits per heavy atom. The van der Waals surface area contributed by atoms with Crippen LogP contribution in [0.15, 0.2) is 12.2 Å². The first-order valence-corrected chi connectivity index (χ1v) is 20.9. The molecule has 48 heavy (non-hydrogen) atoms. The summed E-state index contributed by atoms with van der Waals surface area (Å²) in [6.45, 7) is 4.38. The number of quaternary nitrogens is 1. The Kier molecular flexibility index (Phi) is 30.9. The zero-order valence-corrected chi connectivity index (χ0v) is 32.6. The number of likely N-dealkylation sites (N-methyl/N-ethyl adjacent to an activating group) is 1. The van der Waals surface area contributed by atoms with E-state index in [-0.39, 0.29) is 25.6 Å². The molecular weight excluding hydrogens is 629 g/mol. The fourth-order valence-electron chi connectivity index (χ4n) is 5.18. The van der Waals surface area contributed by atoms with Gasteiger partial charge >= 0.3 is 19.8 Å². The molecule has 0 rings (SSSR count). The number of rotatable bonds is 35. The van der Waals surface area contributed by atoms with Crippen LogP contribution in [0.5, 0.6) is 0 Å². The van der Waals surface area contributed by atoms with E-state index < -0.39 is 26.5 Å². The van der Waals surface area contributed by atoms with Gasteiger partial charge in [-0.2, -0.15) is 0 Å². The highest BCUT2D eigenvalue weighted by Gasteiger charge is 2.27. The summed E-state index contributed by atoms with van der Waals surface area (Å²) < 4.78 is 34.1. The van der Waals surface area contributed by atoms with Crippen molar-refractivity contribution >= 4 is 19.8 Å². The Morgan fingerprint density at radius 1 is 0.625 bits per heavy atom. The average Bonchev–Trinajstić information content (AvgIpc) is 3.02. The van der Waals surface area contributed by atoms with Crippen molar-refractivity contribution in [3.8, 4) is 0 Å². The zero-order chi connectivity index (χ0) is 35.8. The number of unbranched alkanes of at least 4 members (excludes halogenated alkanes) is 19. The Morgan fingerprint density at radius 2 is 1.06 bits per heavy atom. The number of phosphoric ester groups is 1. The molecule has 2 atom stereocenters. The van der Waals surface area contributed by atoms with Crippen molar-refractivity contribution in [1.82, 2.24) is 0 Å². The molecule has 0 fully saturated rings. The van der Waals surface area contributed by atoms with Gasteiger partial charge in [0.2, 0.25) is 0 Å². The van der Waals surface area contributed by atoms with E-state index in [0.29, 0.717) is 23.9 Å². The molecule has 0 bridgehead atoms. The average molecular weight is 705 g/mol. The van der Waals surface area contributed by atoms with Gasteiger partial charge in [-0.1, -0.05) is 129 Å². The molecule has 0 heterocycles. The number of esters is 2. The Hall–Kier alpha value is -1.25. The Labute approximate surface area is 295 Å². The van der Waals surface area contributed by atoms with Gasteiger partial charge in [0.05, 0.1) is 27.7 Å². The van der Waals surface area contributed by atoms with Crippen LogP contribution in [-0.4, -0.2) is 74.9 Å². The van der Waals surface area contributed by atoms with Crippen molar-refractivity contribution in [3.63, 3.8) is 0 Å². The van der Waals surface area contributed by atoms with E-state index in [0.717, 1.165) is 51.4 Å². The maximum absolute atomic E-state index is 12.6. The second-order valence-electron chi connectivity index (χ2n) is 14.3. The Bertz CT molecular complexity index is 845. The lowest BCUT2D eigenvalue weighted by molar-refractivity contribution is -0.870. The van der Waals surface area contributed by atoms with E-state index in [1.54, 1.807) is 0 Å². The topological polar surface area (TPSA) is 108 Å². The molecule has 1 N–H and O–H groups in total. The van der Waals surface area contributed by atoms with Gasteiger partial charge in [-0.05, 0) is 38.5 Å². The third-order valence-electron chi connectivity index (χ3n) is 8.30. The first kappa shape index (κ1) is 46.8. The van der Waals surface area contributed by atoms with Gasteiger partial charge < -0.3 is 18.9 Å². The van der Waals surface area contributed by atoms with Crippen molar-refractivity contribution in [2.24, 2.45) is 0 Å². The minimum Gasteiger partial charge on any atom is -0.462 e. The third kappa shape index (κ3) is 34.6. The molecular formula is C38H75NO8P+. The van der Waals surface area contributed by atoms with Gasteiger partial charge in [0.25, 0.3) is 0 Å². The highest BCUT2D eigenvalue weighted by molar-refractivity contribution is 7.47. The zero-order valence-electron chi connectivity index (χ0n) is 31.7. The maximum Gasteiger partial charge on any atom is 0.472 e. The lowest BCUT2D eigenvalue weighted by Crippen LogP contribution is -2.37. The monoisotopic (exact) mass is 705 g/mol. The van der Waals surface area contributed by atoms with Crippen LogP contribution in [0, 0.1) is 0 Å². The fourth-order valence-corrected chi connectivity index (χ4v) is 5.93. The van der Waals surface area contributed by atoms with Gasteiger partial charge in [-0.15, -0.1) is 0 Å². The van der Waals surface area contributed by atoms with Crippen molar-refractivity contribution in [2.45, 2.75) is 174 Å². The number of nitrogens with zero attached hydrogens (tertiary/aromatic N) is 1. The fraction of sp³-hybridized carbons (Fsp3) is 0.895. The minimum absolute atomic E-state index is 0.0327. The standard InChI is InChI=1S/C38H74NO8P/c1-6-8-10-12-14-16-18-19-21-23-25-27-29-31-38(41)47-36(35-46-48(42,43)45-33-32-39(3,4)5)34-44-37(40)30-28-26-24-22-20-17-15-13-11-9-7-2/h16,18,36H,6-15,17,19-35H2,1-5H3/p+1/b18-16-. The molecule has 0 aromatic carbocycles.